The summed E-state index contributed by atoms with van der Waals surface area (Å²) in [4.78, 5) is 14.5. The van der Waals surface area contributed by atoms with E-state index in [0.29, 0.717) is 16.5 Å². The first-order valence-corrected chi connectivity index (χ1v) is 10.3. The van der Waals surface area contributed by atoms with Crippen LogP contribution in [0.5, 0.6) is 0 Å². The average molecular weight is 496 g/mol. The summed E-state index contributed by atoms with van der Waals surface area (Å²) < 4.78 is 1.00. The van der Waals surface area contributed by atoms with Crippen molar-refractivity contribution >= 4 is 52.0 Å². The van der Waals surface area contributed by atoms with Crippen molar-refractivity contribution in [3.63, 3.8) is 0 Å². The Balaban J connectivity index is 1.81. The Bertz CT molecular complexity index is 910. The quantitative estimate of drug-likeness (QED) is 0.351. The lowest BCUT2D eigenvalue weighted by molar-refractivity contribution is 0.0955. The van der Waals surface area contributed by atoms with Gasteiger partial charge in [0.05, 0.1) is 11.2 Å². The summed E-state index contributed by atoms with van der Waals surface area (Å²) in [6.45, 7) is 6.73. The molecule has 0 unspecified atom stereocenters. The summed E-state index contributed by atoms with van der Waals surface area (Å²) in [7, 11) is 2.11. The molecule has 0 aliphatic carbocycles. The standard InChI is InChI=1S/C21H23ClIN3O/c1-13-11-21(2,3)26(4)19-10-18(22)15(9-17(13)19)12-24-25-20(27)14-6-5-7-16(23)8-14/h5-10,12-13H,11H2,1-4H3,(H,25,27)/b24-12-/t13-/m1/s1. The SMILES string of the molecule is C[C@@H]1CC(C)(C)N(C)c2cc(Cl)c(/C=N\NC(=O)c3cccc(I)c3)cc21. The third-order valence-electron chi connectivity index (χ3n) is 5.21. The third kappa shape index (κ3) is 4.29. The lowest BCUT2D eigenvalue weighted by atomic mass is 9.80. The molecule has 0 aromatic heterocycles. The van der Waals surface area contributed by atoms with Gasteiger partial charge < -0.3 is 4.90 Å². The minimum atomic E-state index is -0.242. The second-order valence-corrected chi connectivity index (χ2v) is 9.27. The highest BCUT2D eigenvalue weighted by atomic mass is 127. The molecule has 6 heteroatoms. The van der Waals surface area contributed by atoms with Gasteiger partial charge in [-0.15, -0.1) is 0 Å². The molecule has 1 heterocycles. The molecule has 1 atom stereocenters. The first-order valence-electron chi connectivity index (χ1n) is 8.85. The van der Waals surface area contributed by atoms with Crippen LogP contribution in [-0.2, 0) is 0 Å². The van der Waals surface area contributed by atoms with E-state index in [1.807, 2.05) is 24.3 Å². The largest absolute Gasteiger partial charge is 0.369 e. The molecule has 0 bridgehead atoms. The summed E-state index contributed by atoms with van der Waals surface area (Å²) in [5.74, 6) is 0.185. The van der Waals surface area contributed by atoms with E-state index in [0.717, 1.165) is 21.2 Å². The van der Waals surface area contributed by atoms with Crippen LogP contribution in [0.25, 0.3) is 0 Å². The maximum Gasteiger partial charge on any atom is 0.271 e. The number of halogens is 2. The highest BCUT2D eigenvalue weighted by Crippen LogP contribution is 2.44. The minimum absolute atomic E-state index is 0.0898. The minimum Gasteiger partial charge on any atom is -0.369 e. The molecule has 1 aliphatic rings. The number of amides is 1. The first-order chi connectivity index (χ1) is 12.7. The van der Waals surface area contributed by atoms with Gasteiger partial charge in [0.15, 0.2) is 0 Å². The number of nitrogens with one attached hydrogen (secondary N) is 1. The number of hydrogen-bond acceptors (Lipinski definition) is 3. The Morgan fingerprint density at radius 2 is 2.11 bits per heavy atom. The Labute approximate surface area is 179 Å². The van der Waals surface area contributed by atoms with Crippen molar-refractivity contribution in [1.29, 1.82) is 0 Å². The van der Waals surface area contributed by atoms with Crippen molar-refractivity contribution in [1.82, 2.24) is 5.43 Å². The van der Waals surface area contributed by atoms with Crippen LogP contribution in [0.15, 0.2) is 41.5 Å². The number of fused-ring (bicyclic) bond motifs is 1. The Hall–Kier alpha value is -1.60. The molecule has 0 spiro atoms. The summed E-state index contributed by atoms with van der Waals surface area (Å²) in [5.41, 5.74) is 6.46. The van der Waals surface area contributed by atoms with Crippen LogP contribution in [-0.4, -0.2) is 24.7 Å². The number of hydrazone groups is 1. The van der Waals surface area contributed by atoms with E-state index in [1.54, 1.807) is 12.3 Å². The van der Waals surface area contributed by atoms with Gasteiger partial charge in [0.25, 0.3) is 5.91 Å². The Morgan fingerprint density at radius 3 is 2.81 bits per heavy atom. The summed E-state index contributed by atoms with van der Waals surface area (Å²) in [6, 6.07) is 11.4. The number of carbonyl (C=O) groups excluding carboxylic acids is 1. The van der Waals surface area contributed by atoms with Crippen molar-refractivity contribution in [2.45, 2.75) is 38.6 Å². The van der Waals surface area contributed by atoms with Gasteiger partial charge in [-0.1, -0.05) is 24.6 Å². The number of benzene rings is 2. The lowest BCUT2D eigenvalue weighted by Gasteiger charge is -2.45. The summed E-state index contributed by atoms with van der Waals surface area (Å²) in [5, 5.41) is 4.73. The van der Waals surface area contributed by atoms with Gasteiger partial charge in [0.1, 0.15) is 0 Å². The molecule has 0 fully saturated rings. The normalized spacial score (nSPS) is 18.4. The Morgan fingerprint density at radius 1 is 1.37 bits per heavy atom. The molecule has 4 nitrogen and oxygen atoms in total. The molecular formula is C21H23ClIN3O. The maximum atomic E-state index is 12.2. The molecule has 1 aliphatic heterocycles. The van der Waals surface area contributed by atoms with Gasteiger partial charge in [0, 0.05) is 33.0 Å². The molecule has 0 saturated carbocycles. The van der Waals surface area contributed by atoms with Gasteiger partial charge in [-0.05, 0) is 84.7 Å². The van der Waals surface area contributed by atoms with E-state index >= 15 is 0 Å². The zero-order valence-corrected chi connectivity index (χ0v) is 18.8. The maximum absolute atomic E-state index is 12.2. The van der Waals surface area contributed by atoms with E-state index in [4.69, 9.17) is 11.6 Å². The number of rotatable bonds is 3. The van der Waals surface area contributed by atoms with Gasteiger partial charge >= 0.3 is 0 Å². The van der Waals surface area contributed by atoms with Gasteiger partial charge in [-0.3, -0.25) is 4.79 Å². The van der Waals surface area contributed by atoms with Crippen molar-refractivity contribution in [3.8, 4) is 0 Å². The fourth-order valence-electron chi connectivity index (χ4n) is 3.56. The first kappa shape index (κ1) is 20.1. The second kappa shape index (κ2) is 7.80. The van der Waals surface area contributed by atoms with Crippen molar-refractivity contribution in [2.75, 3.05) is 11.9 Å². The monoisotopic (exact) mass is 495 g/mol. The molecule has 0 saturated heterocycles. The van der Waals surface area contributed by atoms with E-state index < -0.39 is 0 Å². The lowest BCUT2D eigenvalue weighted by Crippen LogP contribution is -2.45. The van der Waals surface area contributed by atoms with Gasteiger partial charge in [0.2, 0.25) is 0 Å². The van der Waals surface area contributed by atoms with E-state index in [2.05, 4.69) is 71.9 Å². The number of carbonyl (C=O) groups is 1. The van der Waals surface area contributed by atoms with Crippen molar-refractivity contribution in [3.05, 3.63) is 61.7 Å². The molecule has 1 amide bonds. The van der Waals surface area contributed by atoms with Crippen LogP contribution in [0.1, 0.15) is 54.6 Å². The molecule has 2 aromatic carbocycles. The molecule has 0 radical (unpaired) electrons. The number of anilines is 1. The predicted molar refractivity (Wildman–Crippen MR) is 121 cm³/mol. The summed E-state index contributed by atoms with van der Waals surface area (Å²) in [6.07, 6.45) is 2.68. The number of nitrogens with zero attached hydrogens (tertiary/aromatic N) is 2. The van der Waals surface area contributed by atoms with E-state index in [9.17, 15) is 4.79 Å². The van der Waals surface area contributed by atoms with Crippen LogP contribution in [0, 0.1) is 3.57 Å². The van der Waals surface area contributed by atoms with E-state index in [-0.39, 0.29) is 11.4 Å². The second-order valence-electron chi connectivity index (χ2n) is 7.62. The Kier molecular flexibility index (Phi) is 5.82. The average Bonchev–Trinajstić information content (AvgIpc) is 2.60. The molecular weight excluding hydrogens is 473 g/mol. The van der Waals surface area contributed by atoms with Crippen LogP contribution in [0.3, 0.4) is 0 Å². The van der Waals surface area contributed by atoms with Crippen LogP contribution < -0.4 is 10.3 Å². The molecule has 3 rings (SSSR count). The van der Waals surface area contributed by atoms with E-state index in [1.165, 1.54) is 5.56 Å². The fraction of sp³-hybridized carbons (Fsp3) is 0.333. The zero-order valence-electron chi connectivity index (χ0n) is 15.9. The van der Waals surface area contributed by atoms with Crippen molar-refractivity contribution < 1.29 is 4.79 Å². The molecule has 142 valence electrons. The van der Waals surface area contributed by atoms with Crippen LogP contribution in [0.4, 0.5) is 5.69 Å². The fourth-order valence-corrected chi connectivity index (χ4v) is 4.31. The highest BCUT2D eigenvalue weighted by molar-refractivity contribution is 14.1. The highest BCUT2D eigenvalue weighted by Gasteiger charge is 2.34. The molecule has 2 aromatic rings. The van der Waals surface area contributed by atoms with Gasteiger partial charge in [-0.2, -0.15) is 5.10 Å². The number of hydrogen-bond donors (Lipinski definition) is 1. The zero-order chi connectivity index (χ0) is 19.8. The van der Waals surface area contributed by atoms with Gasteiger partial charge in [-0.25, -0.2) is 5.43 Å². The third-order valence-corrected chi connectivity index (χ3v) is 6.21. The molecule has 1 N–H and O–H groups in total. The van der Waals surface area contributed by atoms with Crippen LogP contribution >= 0.6 is 34.2 Å². The van der Waals surface area contributed by atoms with Crippen LogP contribution in [0.2, 0.25) is 5.02 Å². The molecule has 27 heavy (non-hydrogen) atoms. The summed E-state index contributed by atoms with van der Waals surface area (Å²) >= 11 is 8.66. The topological polar surface area (TPSA) is 44.7 Å². The van der Waals surface area contributed by atoms with Crippen molar-refractivity contribution in [2.24, 2.45) is 5.10 Å². The smallest absolute Gasteiger partial charge is 0.271 e. The predicted octanol–water partition coefficient (Wildman–Crippen LogP) is 5.43.